The van der Waals surface area contributed by atoms with Gasteiger partial charge in [0.15, 0.2) is 0 Å². The van der Waals surface area contributed by atoms with Crippen molar-refractivity contribution >= 4 is 22.4 Å². The zero-order valence-corrected chi connectivity index (χ0v) is 13.3. The Hall–Kier alpha value is -1.03. The molecule has 1 fully saturated rings. The Bertz CT molecular complexity index is 610. The summed E-state index contributed by atoms with van der Waals surface area (Å²) in [6.45, 7) is 2.79. The molecule has 1 N–H and O–H groups in total. The number of alkyl halides is 3. The van der Waals surface area contributed by atoms with E-state index >= 15 is 0 Å². The van der Waals surface area contributed by atoms with Crippen LogP contribution in [-0.2, 0) is 10.0 Å². The second-order valence-corrected chi connectivity index (χ2v) is 6.52. The normalized spacial score (nSPS) is 20.3. The molecule has 0 bridgehead atoms. The van der Waals surface area contributed by atoms with Gasteiger partial charge in [-0.05, 0) is 19.1 Å². The van der Waals surface area contributed by atoms with Crippen LogP contribution in [0.2, 0.25) is 0 Å². The average molecular weight is 361 g/mol. The van der Waals surface area contributed by atoms with Crippen molar-refractivity contribution in [2.45, 2.75) is 24.2 Å². The Labute approximate surface area is 132 Å². The van der Waals surface area contributed by atoms with Gasteiger partial charge in [0.1, 0.15) is 10.6 Å². The molecule has 5 nitrogen and oxygen atoms in total. The number of para-hydroxylation sites is 1. The van der Waals surface area contributed by atoms with E-state index in [-0.39, 0.29) is 25.0 Å². The number of hydrogen-bond donors (Lipinski definition) is 1. The Morgan fingerprint density at radius 3 is 2.55 bits per heavy atom. The highest BCUT2D eigenvalue weighted by Crippen LogP contribution is 2.32. The highest BCUT2D eigenvalue weighted by atomic mass is 35.5. The van der Waals surface area contributed by atoms with Crippen LogP contribution in [0.5, 0.6) is 5.75 Å². The molecule has 1 heterocycles. The summed E-state index contributed by atoms with van der Waals surface area (Å²) < 4.78 is 67.3. The fourth-order valence-corrected chi connectivity index (χ4v) is 3.93. The van der Waals surface area contributed by atoms with Crippen LogP contribution in [-0.4, -0.2) is 44.8 Å². The molecule has 0 aliphatic carbocycles. The van der Waals surface area contributed by atoms with E-state index in [0.29, 0.717) is 13.1 Å². The van der Waals surface area contributed by atoms with Gasteiger partial charge < -0.3 is 10.1 Å². The molecule has 1 aliphatic rings. The van der Waals surface area contributed by atoms with Gasteiger partial charge in [0, 0.05) is 25.7 Å². The van der Waals surface area contributed by atoms with E-state index < -0.39 is 27.0 Å². The van der Waals surface area contributed by atoms with E-state index in [1.54, 1.807) is 6.92 Å². The first-order valence-electron chi connectivity index (χ1n) is 6.29. The van der Waals surface area contributed by atoms with E-state index in [9.17, 15) is 21.6 Å². The van der Waals surface area contributed by atoms with Crippen molar-refractivity contribution in [2.24, 2.45) is 0 Å². The predicted octanol–water partition coefficient (Wildman–Crippen LogP) is 1.99. The van der Waals surface area contributed by atoms with Crippen LogP contribution in [0.3, 0.4) is 0 Å². The number of piperazine rings is 1. The summed E-state index contributed by atoms with van der Waals surface area (Å²) in [6, 6.07) is 4.42. The lowest BCUT2D eigenvalue weighted by molar-refractivity contribution is -0.275. The van der Waals surface area contributed by atoms with Gasteiger partial charge >= 0.3 is 6.36 Å². The van der Waals surface area contributed by atoms with Crippen molar-refractivity contribution in [3.05, 3.63) is 24.3 Å². The van der Waals surface area contributed by atoms with Crippen LogP contribution in [0.4, 0.5) is 13.2 Å². The molecule has 22 heavy (non-hydrogen) atoms. The van der Waals surface area contributed by atoms with Crippen molar-refractivity contribution in [1.82, 2.24) is 9.62 Å². The summed E-state index contributed by atoms with van der Waals surface area (Å²) >= 11 is 0. The van der Waals surface area contributed by atoms with E-state index in [1.165, 1.54) is 16.4 Å². The maximum Gasteiger partial charge on any atom is 0.573 e. The van der Waals surface area contributed by atoms with Crippen LogP contribution in [0, 0.1) is 0 Å². The molecule has 0 amide bonds. The third kappa shape index (κ3) is 4.25. The van der Waals surface area contributed by atoms with Gasteiger partial charge in [-0.1, -0.05) is 12.1 Å². The topological polar surface area (TPSA) is 58.6 Å². The van der Waals surface area contributed by atoms with E-state index in [0.717, 1.165) is 12.1 Å². The van der Waals surface area contributed by atoms with Crippen molar-refractivity contribution in [3.8, 4) is 5.75 Å². The minimum Gasteiger partial charge on any atom is -0.404 e. The minimum absolute atomic E-state index is 0. The predicted molar refractivity (Wildman–Crippen MR) is 76.6 cm³/mol. The Morgan fingerprint density at radius 2 is 1.95 bits per heavy atom. The number of hydrogen-bond acceptors (Lipinski definition) is 4. The summed E-state index contributed by atoms with van der Waals surface area (Å²) in [5, 5.41) is 3.02. The molecule has 0 aromatic heterocycles. The van der Waals surface area contributed by atoms with Gasteiger partial charge in [0.2, 0.25) is 10.0 Å². The number of nitrogens with zero attached hydrogens (tertiary/aromatic N) is 1. The minimum atomic E-state index is -4.94. The molecular weight excluding hydrogens is 345 g/mol. The third-order valence-corrected chi connectivity index (χ3v) is 5.15. The molecule has 1 aliphatic heterocycles. The number of nitrogens with one attached hydrogen (secondary N) is 1. The second kappa shape index (κ2) is 7.03. The molecule has 0 radical (unpaired) electrons. The largest absolute Gasteiger partial charge is 0.573 e. The summed E-state index contributed by atoms with van der Waals surface area (Å²) in [4.78, 5) is -0.476. The van der Waals surface area contributed by atoms with Crippen LogP contribution in [0.15, 0.2) is 29.2 Å². The van der Waals surface area contributed by atoms with Gasteiger partial charge in [-0.25, -0.2) is 8.42 Å². The fraction of sp³-hybridized carbons (Fsp3) is 0.500. The van der Waals surface area contributed by atoms with Gasteiger partial charge in [-0.3, -0.25) is 0 Å². The number of rotatable bonds is 3. The molecule has 1 aromatic rings. The monoisotopic (exact) mass is 360 g/mol. The lowest BCUT2D eigenvalue weighted by Gasteiger charge is -2.33. The Morgan fingerprint density at radius 1 is 1.32 bits per heavy atom. The highest BCUT2D eigenvalue weighted by molar-refractivity contribution is 7.89. The first-order chi connectivity index (χ1) is 9.72. The van der Waals surface area contributed by atoms with E-state index in [1.807, 2.05) is 0 Å². The van der Waals surface area contributed by atoms with Crippen LogP contribution >= 0.6 is 12.4 Å². The SMILES string of the molecule is C[C@H]1CNCCN1S(=O)(=O)c1ccccc1OC(F)(F)F.Cl. The van der Waals surface area contributed by atoms with Crippen molar-refractivity contribution < 1.29 is 26.3 Å². The molecule has 10 heteroatoms. The van der Waals surface area contributed by atoms with Crippen molar-refractivity contribution in [1.29, 1.82) is 0 Å². The number of halogens is 4. The van der Waals surface area contributed by atoms with E-state index in [2.05, 4.69) is 10.1 Å². The quantitative estimate of drug-likeness (QED) is 0.895. The summed E-state index contributed by atoms with van der Waals surface area (Å²) in [7, 11) is -4.05. The first-order valence-corrected chi connectivity index (χ1v) is 7.73. The zero-order valence-electron chi connectivity index (χ0n) is 11.6. The lowest BCUT2D eigenvalue weighted by atomic mass is 10.3. The lowest BCUT2D eigenvalue weighted by Crippen LogP contribution is -2.52. The second-order valence-electron chi connectivity index (χ2n) is 4.66. The van der Waals surface area contributed by atoms with Gasteiger partial charge in [-0.15, -0.1) is 25.6 Å². The van der Waals surface area contributed by atoms with E-state index in [4.69, 9.17) is 0 Å². The molecule has 1 atom stereocenters. The van der Waals surface area contributed by atoms with Crippen LogP contribution in [0.25, 0.3) is 0 Å². The standard InChI is InChI=1S/C12H15F3N2O3S.ClH/c1-9-8-16-6-7-17(9)21(18,19)11-5-3-2-4-10(11)20-12(13,14)15;/h2-5,9,16H,6-8H2,1H3;1H/t9-;/m0./s1. The number of benzene rings is 1. The van der Waals surface area contributed by atoms with Crippen molar-refractivity contribution in [3.63, 3.8) is 0 Å². The number of sulfonamides is 1. The number of ether oxygens (including phenoxy) is 1. The molecular formula is C12H16ClF3N2O3S. The first kappa shape index (κ1) is 19.0. The highest BCUT2D eigenvalue weighted by Gasteiger charge is 2.37. The molecule has 1 aromatic carbocycles. The average Bonchev–Trinajstić information content (AvgIpc) is 2.37. The molecule has 2 rings (SSSR count). The Balaban J connectivity index is 0.00000242. The molecule has 0 spiro atoms. The summed E-state index contributed by atoms with van der Waals surface area (Å²) in [6.07, 6.45) is -4.94. The van der Waals surface area contributed by atoms with Crippen molar-refractivity contribution in [2.75, 3.05) is 19.6 Å². The third-order valence-electron chi connectivity index (χ3n) is 3.10. The molecule has 0 unspecified atom stereocenters. The smallest absolute Gasteiger partial charge is 0.404 e. The summed E-state index contributed by atoms with van der Waals surface area (Å²) in [5.41, 5.74) is 0. The van der Waals surface area contributed by atoms with Gasteiger partial charge in [0.25, 0.3) is 0 Å². The van der Waals surface area contributed by atoms with Gasteiger partial charge in [-0.2, -0.15) is 4.31 Å². The molecule has 126 valence electrons. The fourth-order valence-electron chi connectivity index (χ4n) is 2.18. The van der Waals surface area contributed by atoms with Gasteiger partial charge in [0.05, 0.1) is 0 Å². The maximum atomic E-state index is 12.6. The zero-order chi connectivity index (χ0) is 15.7. The maximum absolute atomic E-state index is 12.6. The van der Waals surface area contributed by atoms with Crippen LogP contribution < -0.4 is 10.1 Å². The Kier molecular flexibility index (Phi) is 6.08. The van der Waals surface area contributed by atoms with Crippen LogP contribution in [0.1, 0.15) is 6.92 Å². The summed E-state index contributed by atoms with van der Waals surface area (Å²) in [5.74, 6) is -0.712. The molecule has 1 saturated heterocycles. The molecule has 0 saturated carbocycles.